The van der Waals surface area contributed by atoms with Crippen molar-refractivity contribution in [2.75, 3.05) is 19.8 Å². The van der Waals surface area contributed by atoms with Crippen LogP contribution in [0.2, 0.25) is 0 Å². The summed E-state index contributed by atoms with van der Waals surface area (Å²) in [6.07, 6.45) is 0.669. The fourth-order valence-corrected chi connectivity index (χ4v) is 2.46. The molecule has 0 unspecified atom stereocenters. The molecule has 1 saturated heterocycles. The summed E-state index contributed by atoms with van der Waals surface area (Å²) >= 11 is 3.42. The van der Waals surface area contributed by atoms with Crippen molar-refractivity contribution in [3.05, 3.63) is 40.1 Å². The summed E-state index contributed by atoms with van der Waals surface area (Å²) in [6, 6.07) is 8.08. The predicted molar refractivity (Wildman–Crippen MR) is 75.1 cm³/mol. The number of benzene rings is 1. The highest BCUT2D eigenvalue weighted by Crippen LogP contribution is 2.29. The molecule has 20 heavy (non-hydrogen) atoms. The minimum Gasteiger partial charge on any atom is -0.396 e. The Morgan fingerprint density at radius 1 is 1.30 bits per heavy atom. The molecule has 0 spiro atoms. The van der Waals surface area contributed by atoms with Crippen molar-refractivity contribution in [1.82, 2.24) is 20.2 Å². The molecule has 0 saturated carbocycles. The maximum Gasteiger partial charge on any atom is 0.155 e. The van der Waals surface area contributed by atoms with Gasteiger partial charge in [-0.25, -0.2) is 4.68 Å². The van der Waals surface area contributed by atoms with Gasteiger partial charge in [0.15, 0.2) is 5.82 Å². The first-order valence-corrected chi connectivity index (χ1v) is 7.18. The fourth-order valence-electron chi connectivity index (χ4n) is 2.20. The molecule has 1 aliphatic heterocycles. The zero-order valence-corrected chi connectivity index (χ0v) is 12.5. The number of hydrogen-bond donors (Lipinski definition) is 1. The molecule has 1 aromatic carbocycles. The lowest BCUT2D eigenvalue weighted by Crippen LogP contribution is -2.49. The van der Waals surface area contributed by atoms with Crippen molar-refractivity contribution in [2.45, 2.75) is 13.0 Å². The molecule has 1 aromatic heterocycles. The van der Waals surface area contributed by atoms with Crippen molar-refractivity contribution in [2.24, 2.45) is 5.41 Å². The van der Waals surface area contributed by atoms with Crippen LogP contribution in [0.3, 0.4) is 0 Å². The van der Waals surface area contributed by atoms with Crippen LogP contribution < -0.4 is 0 Å². The zero-order valence-electron chi connectivity index (χ0n) is 10.9. The summed E-state index contributed by atoms with van der Waals surface area (Å²) < 4.78 is 8.01. The number of hydrogen-bond acceptors (Lipinski definition) is 5. The number of ether oxygens (including phenoxy) is 1. The molecule has 0 radical (unpaired) electrons. The molecule has 1 fully saturated rings. The average Bonchev–Trinajstić information content (AvgIpc) is 2.84. The first kappa shape index (κ1) is 13.7. The molecule has 6 nitrogen and oxygen atoms in total. The van der Waals surface area contributed by atoms with Crippen LogP contribution in [0.15, 0.2) is 28.7 Å². The van der Waals surface area contributed by atoms with Crippen LogP contribution >= 0.6 is 15.9 Å². The summed E-state index contributed by atoms with van der Waals surface area (Å²) in [5.41, 5.74) is 0.913. The Morgan fingerprint density at radius 3 is 2.65 bits per heavy atom. The Kier molecular flexibility index (Phi) is 3.82. The molecule has 1 aliphatic rings. The number of aromatic nitrogens is 4. The maximum atomic E-state index is 9.48. The molecule has 0 atom stereocenters. The van der Waals surface area contributed by atoms with Crippen LogP contribution in [0.1, 0.15) is 11.4 Å². The average molecular weight is 339 g/mol. The van der Waals surface area contributed by atoms with E-state index in [9.17, 15) is 5.11 Å². The van der Waals surface area contributed by atoms with Crippen LogP contribution in [0.25, 0.3) is 0 Å². The predicted octanol–water partition coefficient (Wildman–Crippen LogP) is 1.04. The van der Waals surface area contributed by atoms with E-state index in [1.807, 2.05) is 24.3 Å². The number of rotatable bonds is 5. The third-order valence-corrected chi connectivity index (χ3v) is 4.05. The Labute approximate surface area is 124 Å². The third-order valence-electron chi connectivity index (χ3n) is 3.52. The van der Waals surface area contributed by atoms with E-state index in [0.717, 1.165) is 15.9 Å². The first-order chi connectivity index (χ1) is 9.71. The second-order valence-corrected chi connectivity index (χ2v) is 6.12. The fraction of sp³-hybridized carbons (Fsp3) is 0.462. The SMILES string of the molecule is OCC1(Cn2nnnc2Cc2ccc(Br)cc2)COC1. The van der Waals surface area contributed by atoms with Crippen LogP contribution in [0, 0.1) is 5.41 Å². The minimum atomic E-state index is -0.232. The van der Waals surface area contributed by atoms with Gasteiger partial charge in [0.2, 0.25) is 0 Å². The highest BCUT2D eigenvalue weighted by Gasteiger charge is 2.39. The third kappa shape index (κ3) is 2.74. The Hall–Kier alpha value is -1.31. The normalized spacial score (nSPS) is 16.9. The van der Waals surface area contributed by atoms with Gasteiger partial charge >= 0.3 is 0 Å². The summed E-state index contributed by atoms with van der Waals surface area (Å²) in [7, 11) is 0. The number of aliphatic hydroxyl groups excluding tert-OH is 1. The lowest BCUT2D eigenvalue weighted by molar-refractivity contribution is -0.146. The van der Waals surface area contributed by atoms with Gasteiger partial charge < -0.3 is 9.84 Å². The van der Waals surface area contributed by atoms with Gasteiger partial charge in [0.1, 0.15) is 0 Å². The van der Waals surface area contributed by atoms with E-state index < -0.39 is 0 Å². The summed E-state index contributed by atoms with van der Waals surface area (Å²) in [6.45, 7) is 1.79. The Bertz CT molecular complexity index is 575. The van der Waals surface area contributed by atoms with Crippen molar-refractivity contribution in [1.29, 1.82) is 0 Å². The molecule has 1 N–H and O–H groups in total. The molecule has 2 heterocycles. The highest BCUT2D eigenvalue weighted by atomic mass is 79.9. The molecule has 7 heteroatoms. The number of aliphatic hydroxyl groups is 1. The lowest BCUT2D eigenvalue weighted by atomic mass is 9.87. The van der Waals surface area contributed by atoms with Crippen molar-refractivity contribution in [3.63, 3.8) is 0 Å². The minimum absolute atomic E-state index is 0.0879. The van der Waals surface area contributed by atoms with Gasteiger partial charge in [-0.05, 0) is 28.1 Å². The molecule has 0 amide bonds. The van der Waals surface area contributed by atoms with Crippen LogP contribution in [0.5, 0.6) is 0 Å². The van der Waals surface area contributed by atoms with Gasteiger partial charge in [-0.3, -0.25) is 0 Å². The van der Waals surface area contributed by atoms with E-state index in [1.54, 1.807) is 4.68 Å². The van der Waals surface area contributed by atoms with Crippen LogP contribution in [-0.2, 0) is 17.7 Å². The number of halogens is 1. The second-order valence-electron chi connectivity index (χ2n) is 5.21. The molecule has 2 aromatic rings. The number of tetrazole rings is 1. The van der Waals surface area contributed by atoms with Crippen LogP contribution in [-0.4, -0.2) is 45.1 Å². The van der Waals surface area contributed by atoms with Crippen molar-refractivity contribution < 1.29 is 9.84 Å². The molecule has 0 bridgehead atoms. The van der Waals surface area contributed by atoms with E-state index in [1.165, 1.54) is 0 Å². The van der Waals surface area contributed by atoms with Gasteiger partial charge in [0.05, 0.1) is 31.8 Å². The van der Waals surface area contributed by atoms with Gasteiger partial charge in [-0.2, -0.15) is 0 Å². The van der Waals surface area contributed by atoms with E-state index >= 15 is 0 Å². The second kappa shape index (κ2) is 5.59. The summed E-state index contributed by atoms with van der Waals surface area (Å²) in [4.78, 5) is 0. The highest BCUT2D eigenvalue weighted by molar-refractivity contribution is 9.10. The smallest absolute Gasteiger partial charge is 0.155 e. The quantitative estimate of drug-likeness (QED) is 0.881. The van der Waals surface area contributed by atoms with E-state index in [2.05, 4.69) is 31.5 Å². The van der Waals surface area contributed by atoms with Crippen molar-refractivity contribution in [3.8, 4) is 0 Å². The molecule has 3 rings (SSSR count). The molecule has 106 valence electrons. The monoisotopic (exact) mass is 338 g/mol. The number of nitrogens with zero attached hydrogens (tertiary/aromatic N) is 4. The van der Waals surface area contributed by atoms with Gasteiger partial charge in [-0.15, -0.1) is 5.10 Å². The van der Waals surface area contributed by atoms with Crippen LogP contribution in [0.4, 0.5) is 0 Å². The summed E-state index contributed by atoms with van der Waals surface area (Å²) in [5.74, 6) is 0.798. The largest absolute Gasteiger partial charge is 0.396 e. The molecule has 0 aliphatic carbocycles. The van der Waals surface area contributed by atoms with Gasteiger partial charge in [0.25, 0.3) is 0 Å². The first-order valence-electron chi connectivity index (χ1n) is 6.39. The Balaban J connectivity index is 1.74. The standard InChI is InChI=1S/C13H15BrN4O2/c14-11-3-1-10(2-4-11)5-12-15-16-17-18(12)6-13(7-19)8-20-9-13/h1-4,19H,5-9H2. The van der Waals surface area contributed by atoms with Gasteiger partial charge in [-0.1, -0.05) is 28.1 Å². The van der Waals surface area contributed by atoms with Crippen molar-refractivity contribution >= 4 is 15.9 Å². The van der Waals surface area contributed by atoms with E-state index in [0.29, 0.717) is 26.2 Å². The summed E-state index contributed by atoms with van der Waals surface area (Å²) in [5, 5.41) is 21.3. The lowest BCUT2D eigenvalue weighted by Gasteiger charge is -2.39. The maximum absolute atomic E-state index is 9.48. The Morgan fingerprint density at radius 2 is 2.05 bits per heavy atom. The van der Waals surface area contributed by atoms with E-state index in [-0.39, 0.29) is 12.0 Å². The van der Waals surface area contributed by atoms with E-state index in [4.69, 9.17) is 4.74 Å². The molecular weight excluding hydrogens is 324 g/mol. The van der Waals surface area contributed by atoms with Gasteiger partial charge in [0, 0.05) is 10.9 Å². The zero-order chi connectivity index (χ0) is 14.0. The molecular formula is C13H15BrN4O2. The topological polar surface area (TPSA) is 73.1 Å².